The highest BCUT2D eigenvalue weighted by Crippen LogP contribution is 2.35. The third kappa shape index (κ3) is 3.90. The minimum atomic E-state index is -0.350. The summed E-state index contributed by atoms with van der Waals surface area (Å²) in [5.41, 5.74) is 2.09. The maximum atomic E-state index is 13.4. The van der Waals surface area contributed by atoms with Crippen molar-refractivity contribution < 1.29 is 13.9 Å². The van der Waals surface area contributed by atoms with E-state index in [1.807, 2.05) is 49.4 Å². The number of halogens is 1. The molecule has 5 heteroatoms. The first-order valence-corrected chi connectivity index (χ1v) is 10.9. The van der Waals surface area contributed by atoms with Gasteiger partial charge in [0.1, 0.15) is 5.58 Å². The van der Waals surface area contributed by atoms with Crippen LogP contribution < -0.4 is 10.2 Å². The van der Waals surface area contributed by atoms with E-state index in [-0.39, 0.29) is 29.3 Å². The average molecular weight is 455 g/mol. The molecule has 0 aliphatic carbocycles. The zero-order valence-corrected chi connectivity index (χ0v) is 18.6. The summed E-state index contributed by atoms with van der Waals surface area (Å²) in [6.45, 7) is 1.61. The fourth-order valence-electron chi connectivity index (χ4n) is 3.92. The molecule has 1 heterocycles. The lowest BCUT2D eigenvalue weighted by atomic mass is 10.0. The van der Waals surface area contributed by atoms with E-state index in [0.29, 0.717) is 27.1 Å². The standard InChI is InChI=1S/C28H19ClO4/c1-17-13-14-22-25(15-17)33-27(21-10-4-5-12-23(21)29)28(26(22)31)32-16-24(30)20-11-6-8-18-7-2-3-9-19(18)20/h2-15H,16H2,1H3. The van der Waals surface area contributed by atoms with Crippen molar-refractivity contribution in [2.75, 3.05) is 6.61 Å². The predicted molar refractivity (Wildman–Crippen MR) is 131 cm³/mol. The number of fused-ring (bicyclic) bond motifs is 2. The number of aryl methyl sites for hydroxylation is 1. The van der Waals surface area contributed by atoms with E-state index < -0.39 is 0 Å². The van der Waals surface area contributed by atoms with Crippen molar-refractivity contribution in [1.29, 1.82) is 0 Å². The van der Waals surface area contributed by atoms with Crippen LogP contribution >= 0.6 is 11.6 Å². The molecular weight excluding hydrogens is 436 g/mol. The van der Waals surface area contributed by atoms with E-state index in [9.17, 15) is 9.59 Å². The summed E-state index contributed by atoms with van der Waals surface area (Å²) in [4.78, 5) is 26.4. The maximum Gasteiger partial charge on any atom is 0.235 e. The fourth-order valence-corrected chi connectivity index (χ4v) is 4.14. The van der Waals surface area contributed by atoms with Gasteiger partial charge in [0.25, 0.3) is 0 Å². The van der Waals surface area contributed by atoms with Crippen LogP contribution in [0.15, 0.2) is 94.1 Å². The number of ether oxygens (including phenoxy) is 1. The van der Waals surface area contributed by atoms with E-state index in [1.54, 1.807) is 42.5 Å². The van der Waals surface area contributed by atoms with Crippen LogP contribution in [0.5, 0.6) is 5.75 Å². The third-order valence-corrected chi connectivity index (χ3v) is 5.89. The van der Waals surface area contributed by atoms with E-state index in [4.69, 9.17) is 20.8 Å². The highest BCUT2D eigenvalue weighted by Gasteiger charge is 2.21. The minimum Gasteiger partial charge on any atom is -0.478 e. The van der Waals surface area contributed by atoms with Gasteiger partial charge in [-0.3, -0.25) is 9.59 Å². The van der Waals surface area contributed by atoms with Gasteiger partial charge < -0.3 is 9.15 Å². The molecule has 5 aromatic rings. The Balaban J connectivity index is 1.60. The molecule has 0 saturated heterocycles. The second-order valence-corrected chi connectivity index (χ2v) is 8.21. The third-order valence-electron chi connectivity index (χ3n) is 5.56. The Hall–Kier alpha value is -3.89. The maximum absolute atomic E-state index is 13.4. The van der Waals surface area contributed by atoms with Gasteiger partial charge in [0.15, 0.2) is 12.4 Å². The number of carbonyl (C=O) groups excluding carboxylic acids is 1. The fraction of sp³-hybridized carbons (Fsp3) is 0.0714. The van der Waals surface area contributed by atoms with Gasteiger partial charge in [0.05, 0.1) is 10.4 Å². The molecule has 0 spiro atoms. The van der Waals surface area contributed by atoms with E-state index >= 15 is 0 Å². The lowest BCUT2D eigenvalue weighted by Gasteiger charge is -2.13. The van der Waals surface area contributed by atoms with Crippen LogP contribution in [0.25, 0.3) is 33.1 Å². The van der Waals surface area contributed by atoms with Crippen LogP contribution in [0.2, 0.25) is 5.02 Å². The Morgan fingerprint density at radius 3 is 2.52 bits per heavy atom. The summed E-state index contributed by atoms with van der Waals surface area (Å²) in [7, 11) is 0. The van der Waals surface area contributed by atoms with Crippen LogP contribution in [0.4, 0.5) is 0 Å². The molecule has 0 aliphatic rings. The lowest BCUT2D eigenvalue weighted by Crippen LogP contribution is -2.17. The summed E-state index contributed by atoms with van der Waals surface area (Å²) in [5.74, 6) is -0.0669. The smallest absolute Gasteiger partial charge is 0.235 e. The zero-order valence-electron chi connectivity index (χ0n) is 17.8. The van der Waals surface area contributed by atoms with Crippen molar-refractivity contribution in [1.82, 2.24) is 0 Å². The normalized spacial score (nSPS) is 11.1. The van der Waals surface area contributed by atoms with E-state index in [2.05, 4.69) is 0 Å². The first-order chi connectivity index (χ1) is 16.0. The number of Topliss-reactive ketones (excluding diaryl/α,β-unsaturated/α-hetero) is 1. The predicted octanol–water partition coefficient (Wildman–Crippen LogP) is 6.84. The lowest BCUT2D eigenvalue weighted by molar-refractivity contribution is 0.0922. The molecule has 1 aromatic heterocycles. The van der Waals surface area contributed by atoms with Crippen molar-refractivity contribution in [3.8, 4) is 17.1 Å². The summed E-state index contributed by atoms with van der Waals surface area (Å²) in [5, 5.41) is 2.59. The minimum absolute atomic E-state index is 0.0342. The number of hydrogen-bond donors (Lipinski definition) is 0. The second kappa shape index (κ2) is 8.57. The quantitative estimate of drug-likeness (QED) is 0.273. The zero-order chi connectivity index (χ0) is 22.9. The van der Waals surface area contributed by atoms with Crippen LogP contribution in [-0.4, -0.2) is 12.4 Å². The molecule has 0 bridgehead atoms. The number of ketones is 1. The molecule has 4 aromatic carbocycles. The number of benzene rings is 4. The Morgan fingerprint density at radius 2 is 1.67 bits per heavy atom. The highest BCUT2D eigenvalue weighted by molar-refractivity contribution is 6.33. The molecule has 0 radical (unpaired) electrons. The van der Waals surface area contributed by atoms with Crippen molar-refractivity contribution in [2.45, 2.75) is 6.92 Å². The Labute approximate surface area is 195 Å². The number of carbonyl (C=O) groups is 1. The molecule has 0 saturated carbocycles. The summed E-state index contributed by atoms with van der Waals surface area (Å²) < 4.78 is 12.0. The summed E-state index contributed by atoms with van der Waals surface area (Å²) >= 11 is 6.40. The molecule has 4 nitrogen and oxygen atoms in total. The molecule has 0 fully saturated rings. The van der Waals surface area contributed by atoms with Crippen molar-refractivity contribution >= 4 is 39.1 Å². The van der Waals surface area contributed by atoms with Crippen molar-refractivity contribution in [3.63, 3.8) is 0 Å². The summed E-state index contributed by atoms with van der Waals surface area (Å²) in [6.07, 6.45) is 0. The largest absolute Gasteiger partial charge is 0.478 e. The van der Waals surface area contributed by atoms with Gasteiger partial charge in [-0.2, -0.15) is 0 Å². The van der Waals surface area contributed by atoms with E-state index in [0.717, 1.165) is 16.3 Å². The SMILES string of the molecule is Cc1ccc2c(=O)c(OCC(=O)c3cccc4ccccc34)c(-c3ccccc3Cl)oc2c1. The Morgan fingerprint density at radius 1 is 0.909 bits per heavy atom. The second-order valence-electron chi connectivity index (χ2n) is 7.81. The van der Waals surface area contributed by atoms with Gasteiger partial charge in [-0.1, -0.05) is 72.3 Å². The monoisotopic (exact) mass is 454 g/mol. The van der Waals surface area contributed by atoms with Crippen molar-refractivity contribution in [3.05, 3.63) is 111 Å². The average Bonchev–Trinajstić information content (AvgIpc) is 2.83. The van der Waals surface area contributed by atoms with Gasteiger partial charge in [-0.25, -0.2) is 0 Å². The first kappa shape index (κ1) is 21.0. The number of rotatable bonds is 5. The molecule has 0 atom stereocenters. The van der Waals surface area contributed by atoms with E-state index in [1.165, 1.54) is 0 Å². The molecule has 0 N–H and O–H groups in total. The molecule has 5 rings (SSSR count). The Bertz CT molecular complexity index is 1580. The molecule has 0 unspecified atom stereocenters. The van der Waals surface area contributed by atoms with Gasteiger partial charge in [0.2, 0.25) is 17.0 Å². The molecule has 0 amide bonds. The van der Waals surface area contributed by atoms with Crippen LogP contribution in [-0.2, 0) is 0 Å². The molecule has 0 aliphatic heterocycles. The molecule has 33 heavy (non-hydrogen) atoms. The number of hydrogen-bond acceptors (Lipinski definition) is 4. The van der Waals surface area contributed by atoms with Gasteiger partial charge in [-0.15, -0.1) is 0 Å². The van der Waals surface area contributed by atoms with Crippen molar-refractivity contribution in [2.24, 2.45) is 0 Å². The topological polar surface area (TPSA) is 56.5 Å². The summed E-state index contributed by atoms with van der Waals surface area (Å²) in [6, 6.07) is 25.6. The first-order valence-electron chi connectivity index (χ1n) is 10.5. The van der Waals surface area contributed by atoms with Gasteiger partial charge in [-0.05, 0) is 47.5 Å². The molecule has 162 valence electrons. The van der Waals surface area contributed by atoms with Crippen LogP contribution in [0.3, 0.4) is 0 Å². The van der Waals surface area contributed by atoms with Crippen LogP contribution in [0.1, 0.15) is 15.9 Å². The van der Waals surface area contributed by atoms with Crippen LogP contribution in [0, 0.1) is 6.92 Å². The van der Waals surface area contributed by atoms with Gasteiger partial charge >= 0.3 is 0 Å². The highest BCUT2D eigenvalue weighted by atomic mass is 35.5. The van der Waals surface area contributed by atoms with Gasteiger partial charge in [0, 0.05) is 11.1 Å². The molecular formula is C28H19ClO4. The Kier molecular flexibility index (Phi) is 5.45.